The van der Waals surface area contributed by atoms with Crippen molar-refractivity contribution >= 4 is 33.7 Å². The fourth-order valence-electron chi connectivity index (χ4n) is 2.00. The van der Waals surface area contributed by atoms with Crippen molar-refractivity contribution in [2.24, 2.45) is 0 Å². The highest BCUT2D eigenvalue weighted by Gasteiger charge is 2.14. The van der Waals surface area contributed by atoms with Gasteiger partial charge < -0.3 is 9.67 Å². The molecule has 0 fully saturated rings. The molecule has 0 spiro atoms. The Labute approximate surface area is 136 Å². The van der Waals surface area contributed by atoms with E-state index >= 15 is 0 Å². The quantitative estimate of drug-likeness (QED) is 0.783. The third-order valence-electron chi connectivity index (χ3n) is 3.02. The summed E-state index contributed by atoms with van der Waals surface area (Å²) < 4.78 is 3.14. The average molecular weight is 369 g/mol. The summed E-state index contributed by atoms with van der Waals surface area (Å²) in [7, 11) is 0. The number of carboxylic acid groups (broad SMARTS) is 1. The minimum Gasteiger partial charge on any atom is -0.481 e. The number of imidazole rings is 1. The first kappa shape index (κ1) is 16.1. The lowest BCUT2D eigenvalue weighted by molar-refractivity contribution is -0.133. The molecule has 2 rings (SSSR count). The summed E-state index contributed by atoms with van der Waals surface area (Å²) in [5.74, 6) is -0.467. The molecule has 0 aliphatic rings. The highest BCUT2D eigenvalue weighted by atomic mass is 79.9. The van der Waals surface area contributed by atoms with E-state index in [0.717, 1.165) is 20.9 Å². The van der Waals surface area contributed by atoms with Crippen LogP contribution >= 0.6 is 27.7 Å². The van der Waals surface area contributed by atoms with E-state index in [-0.39, 0.29) is 5.75 Å². The van der Waals surface area contributed by atoms with Gasteiger partial charge in [0.05, 0.1) is 5.75 Å². The lowest BCUT2D eigenvalue weighted by Crippen LogP contribution is -2.08. The first-order valence-electron chi connectivity index (χ1n) is 6.62. The highest BCUT2D eigenvalue weighted by molar-refractivity contribution is 9.10. The second kappa shape index (κ2) is 7.13. The van der Waals surface area contributed by atoms with Crippen molar-refractivity contribution in [2.45, 2.75) is 31.5 Å². The Morgan fingerprint density at radius 3 is 2.62 bits per heavy atom. The monoisotopic (exact) mass is 368 g/mol. The van der Waals surface area contributed by atoms with Crippen LogP contribution in [0.15, 0.2) is 40.1 Å². The standard InChI is InChI=1S/C15H17BrN2O2S/c1-10(2)13-7-17-15(21-9-14(19)20)18(13)8-11-3-5-12(16)6-4-11/h3-7,10H,8-9H2,1-2H3,(H,19,20). The molecule has 0 amide bonds. The number of thioether (sulfide) groups is 1. The van der Waals surface area contributed by atoms with Crippen molar-refractivity contribution in [3.8, 4) is 0 Å². The highest BCUT2D eigenvalue weighted by Crippen LogP contribution is 2.25. The molecule has 4 nitrogen and oxygen atoms in total. The van der Waals surface area contributed by atoms with E-state index in [2.05, 4.69) is 51.5 Å². The fourth-order valence-corrected chi connectivity index (χ4v) is 2.97. The summed E-state index contributed by atoms with van der Waals surface area (Å²) in [6.07, 6.45) is 1.84. The predicted octanol–water partition coefficient (Wildman–Crippen LogP) is 3.99. The van der Waals surface area contributed by atoms with E-state index in [1.54, 1.807) is 0 Å². The fraction of sp³-hybridized carbons (Fsp3) is 0.333. The van der Waals surface area contributed by atoms with Gasteiger partial charge in [0.1, 0.15) is 0 Å². The van der Waals surface area contributed by atoms with Gasteiger partial charge in [0, 0.05) is 22.9 Å². The largest absolute Gasteiger partial charge is 0.481 e. The van der Waals surface area contributed by atoms with Crippen molar-refractivity contribution < 1.29 is 9.90 Å². The molecule has 0 saturated heterocycles. The van der Waals surface area contributed by atoms with Crippen LogP contribution in [0.5, 0.6) is 0 Å². The topological polar surface area (TPSA) is 55.1 Å². The number of rotatable bonds is 6. The van der Waals surface area contributed by atoms with Crippen molar-refractivity contribution in [2.75, 3.05) is 5.75 Å². The third kappa shape index (κ3) is 4.35. The Hall–Kier alpha value is -1.27. The Morgan fingerprint density at radius 2 is 2.05 bits per heavy atom. The molecule has 0 atom stereocenters. The maximum atomic E-state index is 10.8. The molecular formula is C15H17BrN2O2S. The number of aromatic nitrogens is 2. The number of carboxylic acids is 1. The lowest BCUT2D eigenvalue weighted by atomic mass is 10.1. The summed E-state index contributed by atoms with van der Waals surface area (Å²) in [5.41, 5.74) is 2.28. The summed E-state index contributed by atoms with van der Waals surface area (Å²) in [5, 5.41) is 9.59. The summed E-state index contributed by atoms with van der Waals surface area (Å²) in [6.45, 7) is 4.92. The molecule has 0 bridgehead atoms. The van der Waals surface area contributed by atoms with E-state index < -0.39 is 5.97 Å². The van der Waals surface area contributed by atoms with Gasteiger partial charge in [0.25, 0.3) is 0 Å². The first-order valence-corrected chi connectivity index (χ1v) is 8.39. The summed E-state index contributed by atoms with van der Waals surface area (Å²) in [4.78, 5) is 15.1. The van der Waals surface area contributed by atoms with Crippen LogP contribution in [-0.2, 0) is 11.3 Å². The minimum absolute atomic E-state index is 0.0227. The lowest BCUT2D eigenvalue weighted by Gasteiger charge is -2.13. The van der Waals surface area contributed by atoms with Crippen molar-refractivity contribution in [1.29, 1.82) is 0 Å². The molecule has 0 saturated carbocycles. The zero-order valence-electron chi connectivity index (χ0n) is 11.9. The number of carbonyl (C=O) groups is 1. The van der Waals surface area contributed by atoms with Gasteiger partial charge in [-0.3, -0.25) is 4.79 Å². The molecular weight excluding hydrogens is 352 g/mol. The Kier molecular flexibility index (Phi) is 5.47. The Balaban J connectivity index is 2.27. The van der Waals surface area contributed by atoms with Crippen LogP contribution in [0, 0.1) is 0 Å². The molecule has 0 aliphatic carbocycles. The molecule has 1 N–H and O–H groups in total. The number of benzene rings is 1. The molecule has 0 aliphatic heterocycles. The second-order valence-electron chi connectivity index (χ2n) is 5.02. The molecule has 1 heterocycles. The normalized spacial score (nSPS) is 11.0. The van der Waals surface area contributed by atoms with Gasteiger partial charge in [-0.2, -0.15) is 0 Å². The van der Waals surface area contributed by atoms with Crippen LogP contribution in [-0.4, -0.2) is 26.4 Å². The van der Waals surface area contributed by atoms with Crippen molar-refractivity contribution in [3.05, 3.63) is 46.2 Å². The van der Waals surface area contributed by atoms with E-state index in [4.69, 9.17) is 5.11 Å². The molecule has 0 unspecified atom stereocenters. The minimum atomic E-state index is -0.829. The smallest absolute Gasteiger partial charge is 0.313 e. The Morgan fingerprint density at radius 1 is 1.38 bits per heavy atom. The molecule has 21 heavy (non-hydrogen) atoms. The molecule has 6 heteroatoms. The van der Waals surface area contributed by atoms with E-state index in [1.165, 1.54) is 11.8 Å². The number of hydrogen-bond donors (Lipinski definition) is 1. The third-order valence-corrected chi connectivity index (χ3v) is 4.52. The van der Waals surface area contributed by atoms with Gasteiger partial charge in [0.2, 0.25) is 0 Å². The van der Waals surface area contributed by atoms with Crippen LogP contribution in [0.4, 0.5) is 0 Å². The van der Waals surface area contributed by atoms with E-state index in [1.807, 2.05) is 18.3 Å². The van der Waals surface area contributed by atoms with Crippen LogP contribution in [0.2, 0.25) is 0 Å². The first-order chi connectivity index (χ1) is 9.97. The number of aliphatic carboxylic acids is 1. The number of nitrogens with zero attached hydrogens (tertiary/aromatic N) is 2. The van der Waals surface area contributed by atoms with Crippen LogP contribution in [0.25, 0.3) is 0 Å². The second-order valence-corrected chi connectivity index (χ2v) is 6.87. The van der Waals surface area contributed by atoms with Crippen molar-refractivity contribution in [1.82, 2.24) is 9.55 Å². The number of hydrogen-bond acceptors (Lipinski definition) is 3. The van der Waals surface area contributed by atoms with E-state index in [9.17, 15) is 4.79 Å². The molecule has 1 aromatic carbocycles. The van der Waals surface area contributed by atoms with Gasteiger partial charge in [-0.05, 0) is 23.6 Å². The maximum absolute atomic E-state index is 10.8. The van der Waals surface area contributed by atoms with Gasteiger partial charge in [0.15, 0.2) is 5.16 Å². The summed E-state index contributed by atoms with van der Waals surface area (Å²) in [6, 6.07) is 8.12. The van der Waals surface area contributed by atoms with Crippen LogP contribution in [0.1, 0.15) is 31.0 Å². The molecule has 112 valence electrons. The van der Waals surface area contributed by atoms with Gasteiger partial charge in [-0.1, -0.05) is 53.7 Å². The summed E-state index contributed by atoms with van der Waals surface area (Å²) >= 11 is 4.69. The zero-order valence-corrected chi connectivity index (χ0v) is 14.3. The Bertz CT molecular complexity index is 623. The average Bonchev–Trinajstić information content (AvgIpc) is 2.82. The molecule has 0 radical (unpaired) electrons. The SMILES string of the molecule is CC(C)c1cnc(SCC(=O)O)n1Cc1ccc(Br)cc1. The van der Waals surface area contributed by atoms with Crippen LogP contribution < -0.4 is 0 Å². The maximum Gasteiger partial charge on any atom is 0.313 e. The van der Waals surface area contributed by atoms with Gasteiger partial charge in [-0.25, -0.2) is 4.98 Å². The predicted molar refractivity (Wildman–Crippen MR) is 87.9 cm³/mol. The number of halogens is 1. The van der Waals surface area contributed by atoms with E-state index in [0.29, 0.717) is 12.5 Å². The molecule has 2 aromatic rings. The molecule has 1 aromatic heterocycles. The van der Waals surface area contributed by atoms with Crippen LogP contribution in [0.3, 0.4) is 0 Å². The van der Waals surface area contributed by atoms with Crippen molar-refractivity contribution in [3.63, 3.8) is 0 Å². The van der Waals surface area contributed by atoms with Gasteiger partial charge in [-0.15, -0.1) is 0 Å². The van der Waals surface area contributed by atoms with Gasteiger partial charge >= 0.3 is 5.97 Å². The zero-order chi connectivity index (χ0) is 15.4.